The van der Waals surface area contributed by atoms with Gasteiger partial charge in [0.05, 0.1) is 0 Å². The van der Waals surface area contributed by atoms with Crippen molar-refractivity contribution in [2.24, 2.45) is 22.9 Å². The normalized spacial score (nSPS) is 27.9. The number of nitrogens with zero attached hydrogens (tertiary/aromatic N) is 7. The minimum absolute atomic E-state index is 0.0203. The summed E-state index contributed by atoms with van der Waals surface area (Å²) in [6, 6.07) is 7.23. The number of aromatic nitrogens is 3. The molecule has 1 aromatic carbocycles. The number of hydrogen-bond acceptors (Lipinski definition) is 12. The Morgan fingerprint density at radius 3 is 1.37 bits per heavy atom. The van der Waals surface area contributed by atoms with Gasteiger partial charge in [0.25, 0.3) is 0 Å². The number of aromatic hydroxyl groups is 1. The molecule has 9 N–H and O–H groups in total. The van der Waals surface area contributed by atoms with Gasteiger partial charge in [-0.25, -0.2) is 0 Å². The van der Waals surface area contributed by atoms with Crippen molar-refractivity contribution in [3.8, 4) is 5.75 Å². The summed E-state index contributed by atoms with van der Waals surface area (Å²) in [6.45, 7) is 5.80. The Morgan fingerprint density at radius 1 is 0.571 bits per heavy atom. The zero-order chi connectivity index (χ0) is 24.5. The number of hydrogen-bond donors (Lipinski definition) is 5. The first-order valence-electron chi connectivity index (χ1n) is 12.4. The molecule has 12 heteroatoms. The van der Waals surface area contributed by atoms with Gasteiger partial charge in [-0.05, 0) is 37.1 Å². The molecule has 5 rings (SSSR count). The van der Waals surface area contributed by atoms with E-state index in [0.29, 0.717) is 44.0 Å². The van der Waals surface area contributed by atoms with Gasteiger partial charge in [0.15, 0.2) is 0 Å². The number of rotatable bonds is 4. The van der Waals surface area contributed by atoms with E-state index in [1.807, 2.05) is 12.1 Å². The van der Waals surface area contributed by atoms with E-state index in [0.717, 1.165) is 44.7 Å². The second kappa shape index (κ2) is 9.97. The summed E-state index contributed by atoms with van der Waals surface area (Å²) in [7, 11) is 0. The molecule has 0 saturated carbocycles. The molecule has 12 nitrogen and oxygen atoms in total. The molecule has 0 spiro atoms. The van der Waals surface area contributed by atoms with Gasteiger partial charge in [-0.15, -0.1) is 0 Å². The fourth-order valence-electron chi connectivity index (χ4n) is 5.28. The Morgan fingerprint density at radius 2 is 0.943 bits per heavy atom. The van der Waals surface area contributed by atoms with E-state index in [-0.39, 0.29) is 29.9 Å². The Kier molecular flexibility index (Phi) is 6.78. The topological polar surface area (TPSA) is 176 Å². The van der Waals surface area contributed by atoms with Crippen molar-refractivity contribution in [1.29, 1.82) is 0 Å². The van der Waals surface area contributed by atoms with Crippen molar-refractivity contribution in [3.63, 3.8) is 0 Å². The first-order chi connectivity index (χ1) is 16.8. The molecule has 0 amide bonds. The van der Waals surface area contributed by atoms with Crippen molar-refractivity contribution in [3.05, 3.63) is 24.3 Å². The smallest absolute Gasteiger partial charge is 0.232 e. The largest absolute Gasteiger partial charge is 0.508 e. The second-order valence-electron chi connectivity index (χ2n) is 10.0. The van der Waals surface area contributed by atoms with E-state index in [2.05, 4.69) is 19.6 Å². The monoisotopic (exact) mass is 483 g/mol. The minimum atomic E-state index is -0.0203. The SMILES string of the molecule is N[C@@H]1C[C@H](N)CN(c2nc(N3CCN(c4ccc(O)cc4)CC3)nc(N3C[C@H](N)C[C@H](N)C3)n2)C1. The predicted molar refractivity (Wildman–Crippen MR) is 138 cm³/mol. The van der Waals surface area contributed by atoms with Gasteiger partial charge in [0.1, 0.15) is 5.75 Å². The van der Waals surface area contributed by atoms with Crippen LogP contribution in [0.15, 0.2) is 24.3 Å². The van der Waals surface area contributed by atoms with Crippen LogP contribution in [0.25, 0.3) is 0 Å². The number of piperidine rings is 2. The van der Waals surface area contributed by atoms with Gasteiger partial charge >= 0.3 is 0 Å². The summed E-state index contributed by atoms with van der Waals surface area (Å²) >= 11 is 0. The third kappa shape index (κ3) is 5.50. The van der Waals surface area contributed by atoms with Gasteiger partial charge < -0.3 is 47.6 Å². The third-order valence-corrected chi connectivity index (χ3v) is 6.97. The highest BCUT2D eigenvalue weighted by Crippen LogP contribution is 2.25. The van der Waals surface area contributed by atoms with Crippen LogP contribution in [0, 0.1) is 0 Å². The molecule has 3 aliphatic rings. The van der Waals surface area contributed by atoms with Crippen LogP contribution in [-0.2, 0) is 0 Å². The van der Waals surface area contributed by atoms with Crippen LogP contribution < -0.4 is 42.5 Å². The van der Waals surface area contributed by atoms with Crippen LogP contribution in [0.5, 0.6) is 5.75 Å². The lowest BCUT2D eigenvalue weighted by Crippen LogP contribution is -2.54. The van der Waals surface area contributed by atoms with E-state index >= 15 is 0 Å². The molecular formula is C23H37N11O. The quantitative estimate of drug-likeness (QED) is 0.345. The van der Waals surface area contributed by atoms with Crippen molar-refractivity contribution >= 4 is 23.5 Å². The molecule has 0 aliphatic carbocycles. The fourth-order valence-corrected chi connectivity index (χ4v) is 5.28. The average Bonchev–Trinajstić information content (AvgIpc) is 2.83. The number of piperazine rings is 1. The van der Waals surface area contributed by atoms with Crippen molar-refractivity contribution in [2.75, 3.05) is 72.0 Å². The fraction of sp³-hybridized carbons (Fsp3) is 0.609. The Labute approximate surface area is 205 Å². The molecule has 2 aromatic rings. The molecular weight excluding hydrogens is 446 g/mol. The summed E-state index contributed by atoms with van der Waals surface area (Å²) in [6.07, 6.45) is 1.58. The first-order valence-corrected chi connectivity index (χ1v) is 12.4. The molecule has 190 valence electrons. The number of phenols is 1. The lowest BCUT2D eigenvalue weighted by Gasteiger charge is -2.39. The van der Waals surface area contributed by atoms with E-state index in [9.17, 15) is 5.11 Å². The molecule has 35 heavy (non-hydrogen) atoms. The van der Waals surface area contributed by atoms with Crippen LogP contribution in [-0.4, -0.2) is 96.6 Å². The standard InChI is InChI=1S/C23H37N11O/c24-15-9-16(25)12-33(11-15)22-28-21(29-23(30-22)34-13-17(26)10-18(27)14-34)32-7-5-31(6-8-32)19-1-3-20(35)4-2-19/h1-4,15-18,35H,5-14,24-27H2/t15-,16+,17-,18+. The number of nitrogens with two attached hydrogens (primary N) is 4. The van der Waals surface area contributed by atoms with Crippen molar-refractivity contribution in [2.45, 2.75) is 37.0 Å². The van der Waals surface area contributed by atoms with E-state index in [1.54, 1.807) is 12.1 Å². The number of phenolic OH excluding ortho intramolecular Hbond substituents is 1. The zero-order valence-corrected chi connectivity index (χ0v) is 20.1. The molecule has 3 saturated heterocycles. The van der Waals surface area contributed by atoms with Crippen LogP contribution in [0.3, 0.4) is 0 Å². The molecule has 0 bridgehead atoms. The maximum atomic E-state index is 9.59. The lowest BCUT2D eigenvalue weighted by molar-refractivity contribution is 0.440. The predicted octanol–water partition coefficient (Wildman–Crippen LogP) is -1.37. The van der Waals surface area contributed by atoms with Crippen LogP contribution in [0.2, 0.25) is 0 Å². The molecule has 3 aliphatic heterocycles. The van der Waals surface area contributed by atoms with Crippen LogP contribution >= 0.6 is 0 Å². The molecule has 0 unspecified atom stereocenters. The van der Waals surface area contributed by atoms with Gasteiger partial charge in [0.2, 0.25) is 17.8 Å². The van der Waals surface area contributed by atoms with Gasteiger partial charge in [-0.1, -0.05) is 0 Å². The van der Waals surface area contributed by atoms with E-state index in [1.165, 1.54) is 0 Å². The summed E-state index contributed by atoms with van der Waals surface area (Å²) in [5.41, 5.74) is 26.1. The van der Waals surface area contributed by atoms with Gasteiger partial charge in [-0.2, -0.15) is 15.0 Å². The number of anilines is 4. The summed E-state index contributed by atoms with van der Waals surface area (Å²) in [5, 5.41) is 9.59. The Bertz CT molecular complexity index is 933. The third-order valence-electron chi connectivity index (χ3n) is 6.97. The highest BCUT2D eigenvalue weighted by atomic mass is 16.3. The Hall–Kier alpha value is -2.93. The second-order valence-corrected chi connectivity index (χ2v) is 10.0. The van der Waals surface area contributed by atoms with Gasteiger partial charge in [0, 0.05) is 82.2 Å². The molecule has 4 atom stereocenters. The minimum Gasteiger partial charge on any atom is -0.508 e. The number of benzene rings is 1. The van der Waals surface area contributed by atoms with E-state index < -0.39 is 0 Å². The Balaban J connectivity index is 1.39. The van der Waals surface area contributed by atoms with Crippen molar-refractivity contribution < 1.29 is 5.11 Å². The van der Waals surface area contributed by atoms with Crippen LogP contribution in [0.1, 0.15) is 12.8 Å². The molecule has 0 radical (unpaired) electrons. The van der Waals surface area contributed by atoms with Gasteiger partial charge in [-0.3, -0.25) is 0 Å². The summed E-state index contributed by atoms with van der Waals surface area (Å²) in [5.74, 6) is 2.12. The molecule has 1 aromatic heterocycles. The zero-order valence-electron chi connectivity index (χ0n) is 20.1. The van der Waals surface area contributed by atoms with Crippen LogP contribution in [0.4, 0.5) is 23.5 Å². The highest BCUT2D eigenvalue weighted by molar-refractivity contribution is 5.52. The average molecular weight is 484 g/mol. The molecule has 3 fully saturated rings. The van der Waals surface area contributed by atoms with E-state index in [4.69, 9.17) is 37.9 Å². The maximum absolute atomic E-state index is 9.59. The summed E-state index contributed by atoms with van der Waals surface area (Å²) in [4.78, 5) is 23.2. The summed E-state index contributed by atoms with van der Waals surface area (Å²) < 4.78 is 0. The first kappa shape index (κ1) is 23.8. The molecule has 4 heterocycles. The maximum Gasteiger partial charge on any atom is 0.232 e. The van der Waals surface area contributed by atoms with Crippen molar-refractivity contribution in [1.82, 2.24) is 15.0 Å². The lowest BCUT2D eigenvalue weighted by atomic mass is 10.0. The highest BCUT2D eigenvalue weighted by Gasteiger charge is 2.30.